The molecule has 0 aromatic rings. The zero-order valence-corrected chi connectivity index (χ0v) is 39.5. The Balaban J connectivity index is 1.91. The zero-order valence-electron chi connectivity index (χ0n) is 39.5. The van der Waals surface area contributed by atoms with E-state index >= 15 is 0 Å². The Bertz CT molecular complexity index is 1540. The summed E-state index contributed by atoms with van der Waals surface area (Å²) in [6, 6.07) is -1.59. The molecule has 19 atom stereocenters. The molecule has 1 amide bonds. The second kappa shape index (κ2) is 20.1. The lowest BCUT2D eigenvalue weighted by Gasteiger charge is -2.50. The van der Waals surface area contributed by atoms with Gasteiger partial charge in [-0.05, 0) is 81.8 Å². The third-order valence-electron chi connectivity index (χ3n) is 13.9. The summed E-state index contributed by atoms with van der Waals surface area (Å²) in [5, 5.41) is 11.8. The van der Waals surface area contributed by atoms with Crippen LogP contribution in [0.5, 0.6) is 0 Å². The molecule has 0 bridgehead atoms. The van der Waals surface area contributed by atoms with Gasteiger partial charge in [0.1, 0.15) is 23.6 Å². The third-order valence-corrected chi connectivity index (χ3v) is 13.9. The molecule has 61 heavy (non-hydrogen) atoms. The lowest BCUT2D eigenvalue weighted by molar-refractivity contribution is -0.320. The van der Waals surface area contributed by atoms with Crippen molar-refractivity contribution in [2.75, 3.05) is 34.9 Å². The minimum absolute atomic E-state index is 0.111. The molecular formula is C44H77N3O14. The van der Waals surface area contributed by atoms with Crippen LogP contribution in [0.3, 0.4) is 0 Å². The van der Waals surface area contributed by atoms with Gasteiger partial charge in [-0.1, -0.05) is 27.7 Å². The highest BCUT2D eigenvalue weighted by atomic mass is 16.7. The number of ether oxygens (including phenoxy) is 9. The Hall–Kier alpha value is -2.48. The number of aliphatic hydroxyl groups is 1. The fourth-order valence-corrected chi connectivity index (χ4v) is 10.5. The smallest absolute Gasteiger partial charge is 0.410 e. The largest absolute Gasteiger partial charge is 0.458 e. The van der Waals surface area contributed by atoms with Crippen molar-refractivity contribution in [2.45, 2.75) is 199 Å². The minimum atomic E-state index is -1.44. The van der Waals surface area contributed by atoms with Gasteiger partial charge in [0, 0.05) is 63.9 Å². The maximum atomic E-state index is 14.8. The molecule has 17 nitrogen and oxygen atoms in total. The number of ketones is 1. The molecule has 4 heterocycles. The first-order valence-electron chi connectivity index (χ1n) is 22.0. The number of hydrogen-bond donors (Lipinski definition) is 2. The van der Waals surface area contributed by atoms with Gasteiger partial charge in [-0.3, -0.25) is 19.3 Å². The van der Waals surface area contributed by atoms with Gasteiger partial charge >= 0.3 is 18.0 Å². The zero-order chi connectivity index (χ0) is 46.1. The van der Waals surface area contributed by atoms with E-state index in [1.54, 1.807) is 34.6 Å². The van der Waals surface area contributed by atoms with E-state index in [4.69, 9.17) is 48.4 Å². The van der Waals surface area contributed by atoms with Crippen molar-refractivity contribution in [1.82, 2.24) is 9.80 Å². The number of amides is 1. The van der Waals surface area contributed by atoms with Gasteiger partial charge in [0.15, 0.2) is 24.3 Å². The Morgan fingerprint density at radius 3 is 2.10 bits per heavy atom. The molecule has 4 rings (SSSR count). The van der Waals surface area contributed by atoms with Crippen molar-refractivity contribution < 1.29 is 66.9 Å². The lowest BCUT2D eigenvalue weighted by atomic mass is 9.73. The molecular weight excluding hydrogens is 794 g/mol. The van der Waals surface area contributed by atoms with Crippen LogP contribution in [-0.4, -0.2) is 164 Å². The van der Waals surface area contributed by atoms with Crippen LogP contribution in [0.1, 0.15) is 109 Å². The summed E-state index contributed by atoms with van der Waals surface area (Å²) in [5.74, 6) is -4.51. The molecule has 0 spiro atoms. The van der Waals surface area contributed by atoms with Crippen LogP contribution in [0.2, 0.25) is 0 Å². The van der Waals surface area contributed by atoms with Crippen molar-refractivity contribution in [1.29, 1.82) is 0 Å². The molecule has 0 unspecified atom stereocenters. The van der Waals surface area contributed by atoms with E-state index in [2.05, 4.69) is 0 Å². The van der Waals surface area contributed by atoms with E-state index < -0.39 is 120 Å². The van der Waals surface area contributed by atoms with Gasteiger partial charge in [0.2, 0.25) is 0 Å². The van der Waals surface area contributed by atoms with Gasteiger partial charge in [-0.25, -0.2) is 4.79 Å². The van der Waals surface area contributed by atoms with Gasteiger partial charge in [-0.2, -0.15) is 0 Å². The van der Waals surface area contributed by atoms with Crippen LogP contribution in [0.15, 0.2) is 0 Å². The second-order valence-electron chi connectivity index (χ2n) is 19.2. The number of hydrogen-bond acceptors (Lipinski definition) is 16. The molecule has 0 aliphatic carbocycles. The number of nitrogens with two attached hydrogens (primary N) is 1. The first kappa shape index (κ1) is 51.2. The maximum Gasteiger partial charge on any atom is 0.410 e. The SMILES string of the molecule is CC[C@H]1OC(=O)[C@H](C)[C@@H](O[C@H]2C[C@@](C)(OC)[C@@H](OC(C)=O)[C@H](C)O2)[C@H](C)[C@@H](O[C@@H]2O[C@H](C)C[C@H](N(C)C)[C@H]2O)[C@](C)(OC)C[C@@H](C)C(=O)[C@H](C)[C@H]2N(C[C@@H](C)N)C(=O)O[C@]12C. The number of fused-ring (bicyclic) bond motifs is 1. The van der Waals surface area contributed by atoms with Crippen LogP contribution in [-0.2, 0) is 57.0 Å². The fourth-order valence-electron chi connectivity index (χ4n) is 10.5. The second-order valence-corrected chi connectivity index (χ2v) is 19.2. The number of esters is 2. The van der Waals surface area contributed by atoms with Crippen LogP contribution in [0.4, 0.5) is 4.79 Å². The Morgan fingerprint density at radius 1 is 0.951 bits per heavy atom. The Kier molecular flexibility index (Phi) is 16.9. The van der Waals surface area contributed by atoms with Crippen molar-refractivity contribution in [3.05, 3.63) is 0 Å². The summed E-state index contributed by atoms with van der Waals surface area (Å²) in [6.45, 7) is 21.2. The van der Waals surface area contributed by atoms with Crippen LogP contribution in [0.25, 0.3) is 0 Å². The molecule has 17 heteroatoms. The Morgan fingerprint density at radius 2 is 1.56 bits per heavy atom. The predicted molar refractivity (Wildman–Crippen MR) is 223 cm³/mol. The van der Waals surface area contributed by atoms with Crippen molar-refractivity contribution in [2.24, 2.45) is 29.4 Å². The predicted octanol–water partition coefficient (Wildman–Crippen LogP) is 3.83. The quantitative estimate of drug-likeness (QED) is 0.224. The highest BCUT2D eigenvalue weighted by Crippen LogP contribution is 2.45. The third kappa shape index (κ3) is 10.7. The average Bonchev–Trinajstić information content (AvgIpc) is 3.43. The standard InChI is InChI=1S/C44H77N3O14/c1-17-31-44(12)36(47(21-23(3)45)41(52)61-44)25(5)33(49)22(2)19-42(10,53-15)37(60-40-34(50)30(46(13)14)18-24(4)55-40)26(6)35(27(7)39(51)58-31)59-32-20-43(11,54-16)38(28(8)56-32)57-29(9)48/h22-28,30-32,34-38,40,50H,17-21,45H2,1-16H3/t22-,23-,24-,25+,26+,27-,28+,30+,31-,32+,34-,35+,36-,37-,38+,40+,42-,43-,44-/m1/s1. The molecule has 0 saturated carbocycles. The van der Waals surface area contributed by atoms with Crippen molar-refractivity contribution >= 4 is 23.8 Å². The molecule has 3 N–H and O–H groups in total. The first-order valence-corrected chi connectivity index (χ1v) is 22.0. The summed E-state index contributed by atoms with van der Waals surface area (Å²) in [6.07, 6.45) is -7.49. The van der Waals surface area contributed by atoms with E-state index in [0.717, 1.165) is 0 Å². The van der Waals surface area contributed by atoms with E-state index in [0.29, 0.717) is 6.42 Å². The van der Waals surface area contributed by atoms with Crippen LogP contribution >= 0.6 is 0 Å². The minimum Gasteiger partial charge on any atom is -0.458 e. The molecule has 0 radical (unpaired) electrons. The van der Waals surface area contributed by atoms with Gasteiger partial charge < -0.3 is 58.4 Å². The van der Waals surface area contributed by atoms with Crippen molar-refractivity contribution in [3.8, 4) is 0 Å². The Labute approximate surface area is 363 Å². The number of carbonyl (C=O) groups excluding carboxylic acids is 4. The normalized spacial score (nSPS) is 44.8. The summed E-state index contributed by atoms with van der Waals surface area (Å²) in [5.41, 5.74) is 2.50. The molecule has 4 aliphatic rings. The molecule has 0 aromatic carbocycles. The number of cyclic esters (lactones) is 1. The number of likely N-dealkylation sites (N-methyl/N-ethyl adjacent to an activating group) is 1. The molecule has 352 valence electrons. The average molecular weight is 872 g/mol. The molecule has 4 aliphatic heterocycles. The highest BCUT2D eigenvalue weighted by molar-refractivity contribution is 5.85. The number of nitrogens with zero attached hydrogens (tertiary/aromatic N) is 2. The summed E-state index contributed by atoms with van der Waals surface area (Å²) in [4.78, 5) is 58.9. The fraction of sp³-hybridized carbons (Fsp3) is 0.909. The van der Waals surface area contributed by atoms with E-state index in [9.17, 15) is 24.3 Å². The lowest BCUT2D eigenvalue weighted by Crippen LogP contribution is -2.62. The van der Waals surface area contributed by atoms with Gasteiger partial charge in [0.25, 0.3) is 0 Å². The number of aliphatic hydroxyl groups excluding tert-OH is 1. The number of Topliss-reactive ketones (excluding diaryl/α,β-unsaturated/α-hetero) is 1. The topological polar surface area (TPSA) is 204 Å². The number of carbonyl (C=O) groups is 4. The van der Waals surface area contributed by atoms with Gasteiger partial charge in [0.05, 0.1) is 42.0 Å². The molecule has 0 aromatic heterocycles. The van der Waals surface area contributed by atoms with Gasteiger partial charge in [-0.15, -0.1) is 0 Å². The van der Waals surface area contributed by atoms with E-state index in [-0.39, 0.29) is 43.7 Å². The number of methoxy groups -OCH3 is 2. The monoisotopic (exact) mass is 872 g/mol. The maximum absolute atomic E-state index is 14.8. The van der Waals surface area contributed by atoms with E-state index in [1.165, 1.54) is 26.0 Å². The summed E-state index contributed by atoms with van der Waals surface area (Å²) in [7, 11) is 6.82. The van der Waals surface area contributed by atoms with Crippen LogP contribution in [0, 0.1) is 23.7 Å². The first-order chi connectivity index (χ1) is 28.3. The van der Waals surface area contributed by atoms with E-state index in [1.807, 2.05) is 60.5 Å². The summed E-state index contributed by atoms with van der Waals surface area (Å²) < 4.78 is 57.2. The highest BCUT2D eigenvalue weighted by Gasteiger charge is 2.61. The van der Waals surface area contributed by atoms with Crippen LogP contribution < -0.4 is 5.73 Å². The van der Waals surface area contributed by atoms with Crippen molar-refractivity contribution in [3.63, 3.8) is 0 Å². The number of rotatable bonds is 11. The molecule has 4 saturated heterocycles. The summed E-state index contributed by atoms with van der Waals surface area (Å²) >= 11 is 0. The molecule has 4 fully saturated rings.